The van der Waals surface area contributed by atoms with E-state index in [1.807, 2.05) is 0 Å². The van der Waals surface area contributed by atoms with E-state index in [1.54, 1.807) is 24.3 Å². The molecule has 2 N–H and O–H groups in total. The Morgan fingerprint density at radius 1 is 1.17 bits per heavy atom. The third kappa shape index (κ3) is 3.09. The van der Waals surface area contributed by atoms with Crippen LogP contribution in [-0.4, -0.2) is 20.1 Å². The average Bonchev–Trinajstić information content (AvgIpc) is 2.86. The van der Waals surface area contributed by atoms with Gasteiger partial charge >= 0.3 is 0 Å². The molecule has 0 spiro atoms. The molecule has 6 nitrogen and oxygen atoms in total. The smallest absolute Gasteiger partial charge is 0.261 e. The molecule has 7 heteroatoms. The zero-order valence-electron chi connectivity index (χ0n) is 12.3. The van der Waals surface area contributed by atoms with Crippen LogP contribution in [0.15, 0.2) is 47.4 Å². The fourth-order valence-corrected chi connectivity index (χ4v) is 3.49. The predicted molar refractivity (Wildman–Crippen MR) is 86.0 cm³/mol. The van der Waals surface area contributed by atoms with Gasteiger partial charge in [0, 0.05) is 16.9 Å². The molecule has 1 aliphatic heterocycles. The fourth-order valence-electron chi connectivity index (χ4n) is 2.39. The van der Waals surface area contributed by atoms with E-state index >= 15 is 0 Å². The SMILES string of the molecule is CC(=O)c1cccc(NS(=O)(=O)c2ccc3c(c2)CC(=O)N3)c1. The Balaban J connectivity index is 1.91. The normalized spacial score (nSPS) is 13.3. The van der Waals surface area contributed by atoms with Gasteiger partial charge in [0.2, 0.25) is 5.91 Å². The molecule has 0 bridgehead atoms. The van der Waals surface area contributed by atoms with Gasteiger partial charge in [-0.1, -0.05) is 12.1 Å². The Morgan fingerprint density at radius 2 is 1.96 bits per heavy atom. The van der Waals surface area contributed by atoms with Gasteiger partial charge in [0.1, 0.15) is 0 Å². The molecule has 0 saturated carbocycles. The van der Waals surface area contributed by atoms with E-state index in [2.05, 4.69) is 10.0 Å². The van der Waals surface area contributed by atoms with Crippen LogP contribution in [-0.2, 0) is 21.2 Å². The lowest BCUT2D eigenvalue weighted by atomic mass is 10.1. The Labute approximate surface area is 133 Å². The van der Waals surface area contributed by atoms with Crippen LogP contribution < -0.4 is 10.0 Å². The van der Waals surface area contributed by atoms with Gasteiger partial charge in [-0.05, 0) is 42.8 Å². The summed E-state index contributed by atoms with van der Waals surface area (Å²) in [5.41, 5.74) is 2.02. The van der Waals surface area contributed by atoms with E-state index in [-0.39, 0.29) is 23.0 Å². The van der Waals surface area contributed by atoms with Crippen LogP contribution in [0.4, 0.5) is 11.4 Å². The van der Waals surface area contributed by atoms with Crippen molar-refractivity contribution in [2.75, 3.05) is 10.0 Å². The van der Waals surface area contributed by atoms with Crippen molar-refractivity contribution in [1.29, 1.82) is 0 Å². The molecule has 0 fully saturated rings. The number of benzene rings is 2. The zero-order chi connectivity index (χ0) is 16.6. The molecule has 2 aromatic carbocycles. The number of hydrogen-bond acceptors (Lipinski definition) is 4. The Morgan fingerprint density at radius 3 is 2.70 bits per heavy atom. The topological polar surface area (TPSA) is 92.3 Å². The van der Waals surface area contributed by atoms with E-state index in [0.29, 0.717) is 22.5 Å². The van der Waals surface area contributed by atoms with Gasteiger partial charge in [-0.2, -0.15) is 0 Å². The van der Waals surface area contributed by atoms with Crippen molar-refractivity contribution < 1.29 is 18.0 Å². The molecule has 0 saturated heterocycles. The minimum Gasteiger partial charge on any atom is -0.326 e. The molecule has 0 unspecified atom stereocenters. The number of anilines is 2. The monoisotopic (exact) mass is 330 g/mol. The van der Waals surface area contributed by atoms with Crippen LogP contribution in [0.5, 0.6) is 0 Å². The van der Waals surface area contributed by atoms with Gasteiger partial charge in [0.15, 0.2) is 5.78 Å². The number of sulfonamides is 1. The molecule has 0 aromatic heterocycles. The van der Waals surface area contributed by atoms with Gasteiger partial charge < -0.3 is 5.32 Å². The zero-order valence-corrected chi connectivity index (χ0v) is 13.1. The summed E-state index contributed by atoms with van der Waals surface area (Å²) in [7, 11) is -3.80. The van der Waals surface area contributed by atoms with E-state index in [0.717, 1.165) is 0 Å². The fraction of sp³-hybridized carbons (Fsp3) is 0.125. The summed E-state index contributed by atoms with van der Waals surface area (Å²) in [5, 5.41) is 2.65. The van der Waals surface area contributed by atoms with Crippen LogP contribution in [0.3, 0.4) is 0 Å². The van der Waals surface area contributed by atoms with Crippen molar-refractivity contribution >= 4 is 33.1 Å². The minimum absolute atomic E-state index is 0.0704. The summed E-state index contributed by atoms with van der Waals surface area (Å²) in [6.07, 6.45) is 0.165. The first-order chi connectivity index (χ1) is 10.8. The maximum Gasteiger partial charge on any atom is 0.261 e. The summed E-state index contributed by atoms with van der Waals surface area (Å²) in [6, 6.07) is 10.8. The number of amides is 1. The summed E-state index contributed by atoms with van der Waals surface area (Å²) >= 11 is 0. The number of fused-ring (bicyclic) bond motifs is 1. The molecular weight excluding hydrogens is 316 g/mol. The number of Topliss-reactive ketones (excluding diaryl/α,β-unsaturated/α-hetero) is 1. The Kier molecular flexibility index (Phi) is 3.65. The number of rotatable bonds is 4. The summed E-state index contributed by atoms with van der Waals surface area (Å²) in [4.78, 5) is 22.8. The van der Waals surface area contributed by atoms with Crippen molar-refractivity contribution in [3.8, 4) is 0 Å². The standard InChI is InChI=1S/C16H14N2O4S/c1-10(19)11-3-2-4-13(7-11)18-23(21,22)14-5-6-15-12(8-14)9-16(20)17-15/h2-8,18H,9H2,1H3,(H,17,20). The van der Waals surface area contributed by atoms with Crippen LogP contribution in [0.1, 0.15) is 22.8 Å². The van der Waals surface area contributed by atoms with Crippen molar-refractivity contribution in [2.24, 2.45) is 0 Å². The maximum atomic E-state index is 12.5. The summed E-state index contributed by atoms with van der Waals surface area (Å²) in [6.45, 7) is 1.41. The lowest BCUT2D eigenvalue weighted by Gasteiger charge is -2.10. The van der Waals surface area contributed by atoms with Gasteiger partial charge in [0.25, 0.3) is 10.0 Å². The molecule has 1 aliphatic rings. The Bertz CT molecular complexity index is 919. The highest BCUT2D eigenvalue weighted by atomic mass is 32.2. The van der Waals surface area contributed by atoms with E-state index in [9.17, 15) is 18.0 Å². The number of hydrogen-bond donors (Lipinski definition) is 2. The lowest BCUT2D eigenvalue weighted by molar-refractivity contribution is -0.115. The molecule has 23 heavy (non-hydrogen) atoms. The first-order valence-corrected chi connectivity index (χ1v) is 8.40. The van der Waals surface area contributed by atoms with E-state index < -0.39 is 10.0 Å². The van der Waals surface area contributed by atoms with Gasteiger partial charge in [-0.15, -0.1) is 0 Å². The van der Waals surface area contributed by atoms with Crippen molar-refractivity contribution in [3.05, 3.63) is 53.6 Å². The molecule has 0 radical (unpaired) electrons. The quantitative estimate of drug-likeness (QED) is 0.841. The molecule has 1 amide bonds. The summed E-state index contributed by atoms with van der Waals surface area (Å²) < 4.78 is 27.4. The Hall–Kier alpha value is -2.67. The van der Waals surface area contributed by atoms with Crippen molar-refractivity contribution in [1.82, 2.24) is 0 Å². The minimum atomic E-state index is -3.80. The number of carbonyl (C=O) groups is 2. The molecule has 0 atom stereocenters. The van der Waals surface area contributed by atoms with Crippen molar-refractivity contribution in [2.45, 2.75) is 18.2 Å². The molecule has 0 aliphatic carbocycles. The average molecular weight is 330 g/mol. The molecule has 3 rings (SSSR count). The van der Waals surface area contributed by atoms with Gasteiger partial charge in [-0.25, -0.2) is 8.42 Å². The molecule has 1 heterocycles. The highest BCUT2D eigenvalue weighted by molar-refractivity contribution is 7.92. The molecule has 118 valence electrons. The largest absolute Gasteiger partial charge is 0.326 e. The van der Waals surface area contributed by atoms with E-state index in [1.165, 1.54) is 25.1 Å². The predicted octanol–water partition coefficient (Wildman–Crippen LogP) is 2.18. The first kappa shape index (κ1) is 15.2. The van der Waals surface area contributed by atoms with Crippen molar-refractivity contribution in [3.63, 3.8) is 0 Å². The van der Waals surface area contributed by atoms with Crippen LogP contribution in [0, 0.1) is 0 Å². The second-order valence-corrected chi connectivity index (χ2v) is 6.97. The number of nitrogens with one attached hydrogen (secondary N) is 2. The number of carbonyl (C=O) groups excluding carboxylic acids is 2. The maximum absolute atomic E-state index is 12.5. The highest BCUT2D eigenvalue weighted by Crippen LogP contribution is 2.27. The van der Waals surface area contributed by atoms with Gasteiger partial charge in [-0.3, -0.25) is 14.3 Å². The van der Waals surface area contributed by atoms with E-state index in [4.69, 9.17) is 0 Å². The second-order valence-electron chi connectivity index (χ2n) is 5.29. The summed E-state index contributed by atoms with van der Waals surface area (Å²) in [5.74, 6) is -0.301. The third-order valence-electron chi connectivity index (χ3n) is 3.53. The second kappa shape index (κ2) is 5.51. The highest BCUT2D eigenvalue weighted by Gasteiger charge is 2.22. The lowest BCUT2D eigenvalue weighted by Crippen LogP contribution is -2.13. The molecule has 2 aromatic rings. The number of ketones is 1. The van der Waals surface area contributed by atoms with Crippen LogP contribution in [0.25, 0.3) is 0 Å². The van der Waals surface area contributed by atoms with Gasteiger partial charge in [0.05, 0.1) is 11.3 Å². The first-order valence-electron chi connectivity index (χ1n) is 6.92. The van der Waals surface area contributed by atoms with Crippen LogP contribution in [0.2, 0.25) is 0 Å². The molecular formula is C16H14N2O4S. The van der Waals surface area contributed by atoms with Crippen LogP contribution >= 0.6 is 0 Å². The third-order valence-corrected chi connectivity index (χ3v) is 4.91.